The standard InChI is InChI=1S/C10H12N4O2S2/c15-4-1-3-11-9(16)12-10-14-13-8(18-10)7-2-5-17-6-7/h2,5-6,15H,1,3-4H2,(H2,11,12,14,16). The number of aromatic nitrogens is 2. The summed E-state index contributed by atoms with van der Waals surface area (Å²) in [5.74, 6) is 0. The number of thiophene rings is 1. The van der Waals surface area contributed by atoms with Gasteiger partial charge in [-0.3, -0.25) is 5.32 Å². The van der Waals surface area contributed by atoms with Crippen LogP contribution in [0.4, 0.5) is 9.93 Å². The van der Waals surface area contributed by atoms with Crippen LogP contribution in [0.15, 0.2) is 16.8 Å². The molecule has 0 aromatic carbocycles. The maximum absolute atomic E-state index is 11.4. The van der Waals surface area contributed by atoms with Crippen LogP contribution in [-0.4, -0.2) is 34.5 Å². The third kappa shape index (κ3) is 3.49. The molecule has 0 fully saturated rings. The molecule has 0 aliphatic heterocycles. The second-order valence-corrected chi connectivity index (χ2v) is 5.14. The molecular formula is C10H12N4O2S2. The van der Waals surface area contributed by atoms with E-state index in [-0.39, 0.29) is 12.6 Å². The van der Waals surface area contributed by atoms with Gasteiger partial charge in [-0.05, 0) is 17.9 Å². The summed E-state index contributed by atoms with van der Waals surface area (Å²) in [5, 5.41) is 26.9. The van der Waals surface area contributed by atoms with Crippen molar-refractivity contribution in [3.05, 3.63) is 16.8 Å². The fourth-order valence-corrected chi connectivity index (χ4v) is 2.65. The molecule has 0 saturated carbocycles. The topological polar surface area (TPSA) is 87.1 Å². The van der Waals surface area contributed by atoms with Crippen LogP contribution in [0.2, 0.25) is 0 Å². The van der Waals surface area contributed by atoms with Crippen LogP contribution in [0.3, 0.4) is 0 Å². The number of aliphatic hydroxyl groups excluding tert-OH is 1. The van der Waals surface area contributed by atoms with Crippen LogP contribution in [0.1, 0.15) is 6.42 Å². The molecule has 8 heteroatoms. The van der Waals surface area contributed by atoms with E-state index in [4.69, 9.17) is 5.11 Å². The average molecular weight is 284 g/mol. The van der Waals surface area contributed by atoms with E-state index in [9.17, 15) is 4.79 Å². The molecule has 2 aromatic heterocycles. The first kappa shape index (κ1) is 12.9. The molecule has 0 spiro atoms. The van der Waals surface area contributed by atoms with Gasteiger partial charge in [0.15, 0.2) is 0 Å². The van der Waals surface area contributed by atoms with Gasteiger partial charge in [0.1, 0.15) is 5.01 Å². The predicted molar refractivity (Wildman–Crippen MR) is 71.9 cm³/mol. The molecule has 0 saturated heterocycles. The van der Waals surface area contributed by atoms with Crippen LogP contribution < -0.4 is 10.6 Å². The number of urea groups is 1. The fraction of sp³-hybridized carbons (Fsp3) is 0.300. The van der Waals surface area contributed by atoms with Crippen molar-refractivity contribution in [3.63, 3.8) is 0 Å². The van der Waals surface area contributed by atoms with Gasteiger partial charge in [-0.1, -0.05) is 11.3 Å². The van der Waals surface area contributed by atoms with Gasteiger partial charge in [0, 0.05) is 24.1 Å². The molecule has 3 N–H and O–H groups in total. The Kier molecular flexibility index (Phi) is 4.62. The molecule has 0 aliphatic rings. The summed E-state index contributed by atoms with van der Waals surface area (Å²) < 4.78 is 0. The Morgan fingerprint density at radius 1 is 1.44 bits per heavy atom. The summed E-state index contributed by atoms with van der Waals surface area (Å²) >= 11 is 2.91. The minimum absolute atomic E-state index is 0.0569. The zero-order valence-electron chi connectivity index (χ0n) is 9.42. The van der Waals surface area contributed by atoms with Gasteiger partial charge < -0.3 is 10.4 Å². The first-order valence-corrected chi connectivity index (χ1v) is 7.07. The molecule has 0 bridgehead atoms. The minimum atomic E-state index is -0.337. The van der Waals surface area contributed by atoms with E-state index in [1.165, 1.54) is 11.3 Å². The van der Waals surface area contributed by atoms with Crippen LogP contribution in [0.5, 0.6) is 0 Å². The summed E-state index contributed by atoms with van der Waals surface area (Å²) in [6.45, 7) is 0.486. The zero-order valence-corrected chi connectivity index (χ0v) is 11.1. The Bertz CT molecular complexity index is 498. The lowest BCUT2D eigenvalue weighted by Gasteiger charge is -2.02. The zero-order chi connectivity index (χ0) is 12.8. The lowest BCUT2D eigenvalue weighted by atomic mass is 10.4. The molecule has 0 atom stereocenters. The largest absolute Gasteiger partial charge is 0.396 e. The number of anilines is 1. The summed E-state index contributed by atoms with van der Waals surface area (Å²) in [4.78, 5) is 11.4. The number of carbonyl (C=O) groups excluding carboxylic acids is 1. The van der Waals surface area contributed by atoms with Crippen LogP contribution in [0.25, 0.3) is 10.6 Å². The minimum Gasteiger partial charge on any atom is -0.396 e. The first-order valence-electron chi connectivity index (χ1n) is 5.31. The monoisotopic (exact) mass is 284 g/mol. The van der Waals surface area contributed by atoms with Crippen LogP contribution in [-0.2, 0) is 0 Å². The predicted octanol–water partition coefficient (Wildman–Crippen LogP) is 1.77. The SMILES string of the molecule is O=C(NCCCO)Nc1nnc(-c2ccsc2)s1. The highest BCUT2D eigenvalue weighted by atomic mass is 32.1. The van der Waals surface area contributed by atoms with Crippen LogP contribution in [0, 0.1) is 0 Å². The Labute approximate surface area is 112 Å². The van der Waals surface area contributed by atoms with Gasteiger partial charge in [-0.25, -0.2) is 4.79 Å². The van der Waals surface area contributed by atoms with E-state index < -0.39 is 0 Å². The molecule has 6 nitrogen and oxygen atoms in total. The molecule has 2 amide bonds. The average Bonchev–Trinajstić information content (AvgIpc) is 2.98. The molecule has 2 aromatic rings. The normalized spacial score (nSPS) is 10.3. The van der Waals surface area contributed by atoms with E-state index in [0.717, 1.165) is 10.6 Å². The molecule has 0 radical (unpaired) electrons. The van der Waals surface area contributed by atoms with Crippen molar-refractivity contribution in [1.82, 2.24) is 15.5 Å². The highest BCUT2D eigenvalue weighted by Crippen LogP contribution is 2.27. The molecule has 96 valence electrons. The van der Waals surface area contributed by atoms with Gasteiger partial charge in [0.25, 0.3) is 0 Å². The maximum Gasteiger partial charge on any atom is 0.321 e. The molecule has 18 heavy (non-hydrogen) atoms. The van der Waals surface area contributed by atoms with Gasteiger partial charge >= 0.3 is 6.03 Å². The third-order valence-corrected chi connectivity index (χ3v) is 3.61. The van der Waals surface area contributed by atoms with E-state index >= 15 is 0 Å². The van der Waals surface area contributed by atoms with E-state index in [0.29, 0.717) is 18.1 Å². The molecule has 2 rings (SSSR count). The molecule has 2 heterocycles. The van der Waals surface area contributed by atoms with Crippen molar-refractivity contribution >= 4 is 33.8 Å². The molecular weight excluding hydrogens is 272 g/mol. The van der Waals surface area contributed by atoms with E-state index in [1.54, 1.807) is 11.3 Å². The molecule has 0 aliphatic carbocycles. The highest BCUT2D eigenvalue weighted by Gasteiger charge is 2.09. The summed E-state index contributed by atoms with van der Waals surface area (Å²) in [5.41, 5.74) is 1.01. The number of nitrogens with one attached hydrogen (secondary N) is 2. The van der Waals surface area contributed by atoms with E-state index in [2.05, 4.69) is 20.8 Å². The van der Waals surface area contributed by atoms with Crippen molar-refractivity contribution in [1.29, 1.82) is 0 Å². The number of hydrogen-bond donors (Lipinski definition) is 3. The van der Waals surface area contributed by atoms with Crippen molar-refractivity contribution in [3.8, 4) is 10.6 Å². The van der Waals surface area contributed by atoms with Crippen molar-refractivity contribution in [2.45, 2.75) is 6.42 Å². The second kappa shape index (κ2) is 6.43. The van der Waals surface area contributed by atoms with Gasteiger partial charge in [0.05, 0.1) is 0 Å². The Hall–Kier alpha value is -1.51. The van der Waals surface area contributed by atoms with E-state index in [1.807, 2.05) is 16.8 Å². The number of carbonyl (C=O) groups is 1. The lowest BCUT2D eigenvalue weighted by molar-refractivity contribution is 0.249. The number of amides is 2. The summed E-state index contributed by atoms with van der Waals surface area (Å²) in [6, 6.07) is 1.62. The number of rotatable bonds is 5. The number of hydrogen-bond acceptors (Lipinski definition) is 6. The van der Waals surface area contributed by atoms with Gasteiger partial charge in [-0.15, -0.1) is 10.2 Å². The lowest BCUT2D eigenvalue weighted by Crippen LogP contribution is -2.29. The number of nitrogens with zero attached hydrogens (tertiary/aromatic N) is 2. The Morgan fingerprint density at radius 2 is 2.33 bits per heavy atom. The van der Waals surface area contributed by atoms with Gasteiger partial charge in [-0.2, -0.15) is 11.3 Å². The summed E-state index contributed by atoms with van der Waals surface area (Å²) in [7, 11) is 0. The maximum atomic E-state index is 11.4. The first-order chi connectivity index (χ1) is 8.79. The third-order valence-electron chi connectivity index (χ3n) is 2.03. The second-order valence-electron chi connectivity index (χ2n) is 3.38. The highest BCUT2D eigenvalue weighted by molar-refractivity contribution is 7.19. The number of aliphatic hydroxyl groups is 1. The Balaban J connectivity index is 1.89. The van der Waals surface area contributed by atoms with Crippen LogP contribution >= 0.6 is 22.7 Å². The quantitative estimate of drug-likeness (QED) is 0.730. The fourth-order valence-electron chi connectivity index (χ4n) is 1.20. The smallest absolute Gasteiger partial charge is 0.321 e. The Morgan fingerprint density at radius 3 is 3.06 bits per heavy atom. The molecule has 0 unspecified atom stereocenters. The van der Waals surface area contributed by atoms with Crippen molar-refractivity contribution in [2.24, 2.45) is 0 Å². The van der Waals surface area contributed by atoms with Crippen molar-refractivity contribution in [2.75, 3.05) is 18.5 Å². The van der Waals surface area contributed by atoms with Crippen molar-refractivity contribution < 1.29 is 9.90 Å². The summed E-state index contributed by atoms with van der Waals surface area (Å²) in [6.07, 6.45) is 0.531. The van der Waals surface area contributed by atoms with Gasteiger partial charge in [0.2, 0.25) is 5.13 Å².